The van der Waals surface area contributed by atoms with Gasteiger partial charge in [0, 0.05) is 0 Å². The third-order valence-electron chi connectivity index (χ3n) is 2.72. The molecule has 16 heavy (non-hydrogen) atoms. The molecule has 0 aromatic rings. The van der Waals surface area contributed by atoms with Crippen molar-refractivity contribution < 1.29 is 20.1 Å². The molecule has 0 radical (unpaired) electrons. The van der Waals surface area contributed by atoms with Crippen LogP contribution in [0.25, 0.3) is 0 Å². The van der Waals surface area contributed by atoms with Crippen molar-refractivity contribution in [1.82, 2.24) is 0 Å². The first kappa shape index (κ1) is 15.4. The smallest absolute Gasteiger partial charge is 0.335 e. The van der Waals surface area contributed by atoms with Crippen molar-refractivity contribution in [2.75, 3.05) is 0 Å². The van der Waals surface area contributed by atoms with Crippen LogP contribution in [-0.2, 0) is 4.79 Å². The second kappa shape index (κ2) is 9.60. The molecule has 2 atom stereocenters. The minimum atomic E-state index is -1.64. The maximum Gasteiger partial charge on any atom is 0.335 e. The summed E-state index contributed by atoms with van der Waals surface area (Å²) in [7, 11) is 0. The van der Waals surface area contributed by atoms with E-state index in [9.17, 15) is 9.90 Å². The van der Waals surface area contributed by atoms with Gasteiger partial charge >= 0.3 is 5.97 Å². The molecule has 0 rings (SSSR count). The van der Waals surface area contributed by atoms with E-state index >= 15 is 0 Å². The molecule has 0 aromatic carbocycles. The second-order valence-corrected chi connectivity index (χ2v) is 4.26. The van der Waals surface area contributed by atoms with Crippen LogP contribution in [0.1, 0.15) is 58.3 Å². The Balaban J connectivity index is 3.34. The van der Waals surface area contributed by atoms with Crippen LogP contribution >= 0.6 is 0 Å². The van der Waals surface area contributed by atoms with Crippen LogP contribution in [0.4, 0.5) is 0 Å². The fourth-order valence-corrected chi connectivity index (χ4v) is 1.63. The molecule has 0 spiro atoms. The van der Waals surface area contributed by atoms with E-state index < -0.39 is 18.2 Å². The van der Waals surface area contributed by atoms with Crippen molar-refractivity contribution in [3.8, 4) is 0 Å². The number of unbranched alkanes of at least 4 members (excludes halogenated alkanes) is 6. The first-order valence-corrected chi connectivity index (χ1v) is 6.18. The molecule has 4 nitrogen and oxygen atoms in total. The quantitative estimate of drug-likeness (QED) is 0.503. The second-order valence-electron chi connectivity index (χ2n) is 4.26. The Hall–Kier alpha value is -0.610. The topological polar surface area (TPSA) is 77.8 Å². The Kier molecular flexibility index (Phi) is 9.24. The molecule has 0 bridgehead atoms. The van der Waals surface area contributed by atoms with E-state index in [0.29, 0.717) is 6.42 Å². The Bertz CT molecular complexity index is 182. The van der Waals surface area contributed by atoms with Crippen molar-refractivity contribution in [1.29, 1.82) is 0 Å². The van der Waals surface area contributed by atoms with E-state index in [1.165, 1.54) is 25.7 Å². The SMILES string of the molecule is CCCCCCCCC[C@H](O)[C@H](O)C(=O)O. The van der Waals surface area contributed by atoms with E-state index in [-0.39, 0.29) is 0 Å². The lowest BCUT2D eigenvalue weighted by Gasteiger charge is -2.13. The average molecular weight is 232 g/mol. The Morgan fingerprint density at radius 1 is 1.00 bits per heavy atom. The Morgan fingerprint density at radius 3 is 2.00 bits per heavy atom. The zero-order valence-electron chi connectivity index (χ0n) is 10.1. The number of hydrogen-bond donors (Lipinski definition) is 3. The molecular weight excluding hydrogens is 208 g/mol. The lowest BCUT2D eigenvalue weighted by molar-refractivity contribution is -0.153. The van der Waals surface area contributed by atoms with Gasteiger partial charge in [-0.2, -0.15) is 0 Å². The molecule has 0 saturated heterocycles. The third-order valence-corrected chi connectivity index (χ3v) is 2.72. The van der Waals surface area contributed by atoms with Crippen molar-refractivity contribution in [3.63, 3.8) is 0 Å². The molecule has 0 fully saturated rings. The van der Waals surface area contributed by atoms with Crippen LogP contribution in [0.2, 0.25) is 0 Å². The number of aliphatic carboxylic acids is 1. The molecule has 0 aliphatic heterocycles. The van der Waals surface area contributed by atoms with Gasteiger partial charge in [-0.1, -0.05) is 51.9 Å². The summed E-state index contributed by atoms with van der Waals surface area (Å²) in [5, 5.41) is 26.8. The minimum Gasteiger partial charge on any atom is -0.479 e. The summed E-state index contributed by atoms with van der Waals surface area (Å²) < 4.78 is 0. The zero-order valence-corrected chi connectivity index (χ0v) is 10.1. The first-order valence-electron chi connectivity index (χ1n) is 6.18. The van der Waals surface area contributed by atoms with Gasteiger partial charge in [-0.15, -0.1) is 0 Å². The van der Waals surface area contributed by atoms with E-state index in [2.05, 4.69) is 6.92 Å². The molecule has 0 amide bonds. The number of aliphatic hydroxyl groups excluding tert-OH is 2. The highest BCUT2D eigenvalue weighted by Gasteiger charge is 2.22. The molecule has 0 aromatic heterocycles. The van der Waals surface area contributed by atoms with Crippen molar-refractivity contribution >= 4 is 5.97 Å². The van der Waals surface area contributed by atoms with Crippen LogP contribution in [0.5, 0.6) is 0 Å². The summed E-state index contributed by atoms with van der Waals surface area (Å²) >= 11 is 0. The minimum absolute atomic E-state index is 0.362. The summed E-state index contributed by atoms with van der Waals surface area (Å²) in [6.45, 7) is 2.17. The molecule has 0 saturated carbocycles. The number of carbonyl (C=O) groups is 1. The summed E-state index contributed by atoms with van der Waals surface area (Å²) in [5.41, 5.74) is 0. The van der Waals surface area contributed by atoms with Gasteiger partial charge in [0.15, 0.2) is 6.10 Å². The highest BCUT2D eigenvalue weighted by molar-refractivity contribution is 5.72. The van der Waals surface area contributed by atoms with Crippen molar-refractivity contribution in [2.24, 2.45) is 0 Å². The summed E-state index contributed by atoms with van der Waals surface area (Å²) in [6.07, 6.45) is 5.42. The number of hydrogen-bond acceptors (Lipinski definition) is 3. The highest BCUT2D eigenvalue weighted by Crippen LogP contribution is 2.11. The van der Waals surface area contributed by atoms with Crippen molar-refractivity contribution in [3.05, 3.63) is 0 Å². The Labute approximate surface area is 97.3 Å². The van der Waals surface area contributed by atoms with Crippen LogP contribution in [0.3, 0.4) is 0 Å². The van der Waals surface area contributed by atoms with E-state index in [4.69, 9.17) is 10.2 Å². The molecule has 0 heterocycles. The van der Waals surface area contributed by atoms with E-state index in [0.717, 1.165) is 19.3 Å². The lowest BCUT2D eigenvalue weighted by atomic mass is 10.0. The standard InChI is InChI=1S/C12H24O4/c1-2-3-4-5-6-7-8-9-10(13)11(14)12(15)16/h10-11,13-14H,2-9H2,1H3,(H,15,16)/t10-,11-/m0/s1. The number of aliphatic hydroxyl groups is 2. The molecule has 96 valence electrons. The van der Waals surface area contributed by atoms with Gasteiger partial charge in [0.05, 0.1) is 6.10 Å². The predicted octanol–water partition coefficient (Wildman–Crippen LogP) is 1.93. The average Bonchev–Trinajstić information content (AvgIpc) is 2.26. The largest absolute Gasteiger partial charge is 0.479 e. The fraction of sp³-hybridized carbons (Fsp3) is 0.917. The Morgan fingerprint density at radius 2 is 1.50 bits per heavy atom. The maximum atomic E-state index is 10.3. The predicted molar refractivity (Wildman–Crippen MR) is 62.3 cm³/mol. The molecule has 0 unspecified atom stereocenters. The maximum absolute atomic E-state index is 10.3. The molecule has 0 aliphatic rings. The van der Waals surface area contributed by atoms with Crippen LogP contribution < -0.4 is 0 Å². The van der Waals surface area contributed by atoms with Gasteiger partial charge < -0.3 is 15.3 Å². The fourth-order valence-electron chi connectivity index (χ4n) is 1.63. The summed E-state index contributed by atoms with van der Waals surface area (Å²) in [6, 6.07) is 0. The van der Waals surface area contributed by atoms with Crippen LogP contribution in [0, 0.1) is 0 Å². The lowest BCUT2D eigenvalue weighted by Crippen LogP contribution is -2.33. The van der Waals surface area contributed by atoms with Crippen LogP contribution in [0.15, 0.2) is 0 Å². The third kappa shape index (κ3) is 7.65. The van der Waals surface area contributed by atoms with Gasteiger partial charge in [-0.3, -0.25) is 0 Å². The summed E-state index contributed by atoms with van der Waals surface area (Å²) in [5.74, 6) is -1.35. The van der Waals surface area contributed by atoms with E-state index in [1.807, 2.05) is 0 Å². The van der Waals surface area contributed by atoms with Gasteiger partial charge in [0.2, 0.25) is 0 Å². The first-order chi connectivity index (χ1) is 7.59. The molecule has 0 aliphatic carbocycles. The van der Waals surface area contributed by atoms with Gasteiger partial charge in [-0.05, 0) is 6.42 Å². The molecular formula is C12H24O4. The van der Waals surface area contributed by atoms with Crippen molar-refractivity contribution in [2.45, 2.75) is 70.5 Å². The van der Waals surface area contributed by atoms with Gasteiger partial charge in [0.1, 0.15) is 0 Å². The number of carboxylic acids is 1. The zero-order chi connectivity index (χ0) is 12.4. The monoisotopic (exact) mass is 232 g/mol. The normalized spacial score (nSPS) is 14.7. The van der Waals surface area contributed by atoms with Gasteiger partial charge in [0.25, 0.3) is 0 Å². The van der Waals surface area contributed by atoms with Gasteiger partial charge in [-0.25, -0.2) is 4.79 Å². The molecule has 4 heteroatoms. The van der Waals surface area contributed by atoms with E-state index in [1.54, 1.807) is 0 Å². The highest BCUT2D eigenvalue weighted by atomic mass is 16.4. The summed E-state index contributed by atoms with van der Waals surface area (Å²) in [4.78, 5) is 10.3. The molecule has 3 N–H and O–H groups in total. The number of rotatable bonds is 10. The van der Waals surface area contributed by atoms with Crippen LogP contribution in [-0.4, -0.2) is 33.5 Å². The number of carboxylic acid groups (broad SMARTS) is 1.